The number of rotatable bonds is 4. The van der Waals surface area contributed by atoms with Gasteiger partial charge in [0.05, 0.1) is 20.3 Å². The van der Waals surface area contributed by atoms with Crippen LogP contribution in [0, 0.1) is 0 Å². The summed E-state index contributed by atoms with van der Waals surface area (Å²) in [5.74, 6) is 1.59. The van der Waals surface area contributed by atoms with Gasteiger partial charge in [-0.1, -0.05) is 17.7 Å². The van der Waals surface area contributed by atoms with Crippen molar-refractivity contribution in [2.45, 2.75) is 25.0 Å². The van der Waals surface area contributed by atoms with E-state index < -0.39 is 0 Å². The van der Waals surface area contributed by atoms with Crippen LogP contribution in [-0.2, 0) is 4.79 Å². The highest BCUT2D eigenvalue weighted by Gasteiger charge is 2.50. The van der Waals surface area contributed by atoms with E-state index >= 15 is 0 Å². The first kappa shape index (κ1) is 17.2. The van der Waals surface area contributed by atoms with Gasteiger partial charge < -0.3 is 9.47 Å². The van der Waals surface area contributed by atoms with E-state index in [-0.39, 0.29) is 18.1 Å². The van der Waals surface area contributed by atoms with Crippen LogP contribution >= 0.6 is 11.6 Å². The fraction of sp³-hybridized carbons (Fsp3) is 0.350. The lowest BCUT2D eigenvalue weighted by molar-refractivity contribution is -0.119. The number of hydrogen-bond acceptors (Lipinski definition) is 4. The molecule has 2 fully saturated rings. The van der Waals surface area contributed by atoms with Crippen molar-refractivity contribution in [3.63, 3.8) is 0 Å². The molecule has 2 unspecified atom stereocenters. The van der Waals surface area contributed by atoms with Gasteiger partial charge in [-0.2, -0.15) is 0 Å². The summed E-state index contributed by atoms with van der Waals surface area (Å²) >= 11 is 6.20. The Kier molecular flexibility index (Phi) is 4.51. The fourth-order valence-corrected chi connectivity index (χ4v) is 4.21. The Labute approximate surface area is 158 Å². The highest BCUT2D eigenvalue weighted by molar-refractivity contribution is 6.31. The van der Waals surface area contributed by atoms with E-state index in [0.717, 1.165) is 42.1 Å². The van der Waals surface area contributed by atoms with E-state index in [4.69, 9.17) is 21.1 Å². The first-order valence-corrected chi connectivity index (χ1v) is 9.08. The molecule has 2 atom stereocenters. The lowest BCUT2D eigenvalue weighted by Crippen LogP contribution is -2.32. The van der Waals surface area contributed by atoms with Gasteiger partial charge >= 0.3 is 0 Å². The second-order valence-electron chi connectivity index (χ2n) is 6.57. The fourth-order valence-electron chi connectivity index (χ4n) is 4.03. The molecule has 0 N–H and O–H groups in total. The molecule has 0 aromatic heterocycles. The predicted octanol–water partition coefficient (Wildman–Crippen LogP) is 3.87. The van der Waals surface area contributed by atoms with Crippen LogP contribution in [0.25, 0.3) is 0 Å². The van der Waals surface area contributed by atoms with Crippen molar-refractivity contribution in [1.29, 1.82) is 0 Å². The third kappa shape index (κ3) is 2.72. The molecule has 5 nitrogen and oxygen atoms in total. The molecule has 6 heteroatoms. The Balaban J connectivity index is 1.87. The molecule has 0 saturated carbocycles. The van der Waals surface area contributed by atoms with Crippen molar-refractivity contribution < 1.29 is 14.3 Å². The molecule has 4 rings (SSSR count). The topological polar surface area (TPSA) is 42.0 Å². The maximum atomic E-state index is 13.2. The molecule has 0 radical (unpaired) electrons. The van der Waals surface area contributed by atoms with Crippen molar-refractivity contribution in [1.82, 2.24) is 4.90 Å². The Morgan fingerprint density at radius 2 is 1.96 bits per heavy atom. The monoisotopic (exact) mass is 372 g/mol. The number of nitrogens with zero attached hydrogens (tertiary/aromatic N) is 2. The molecule has 2 saturated heterocycles. The summed E-state index contributed by atoms with van der Waals surface area (Å²) < 4.78 is 11.0. The van der Waals surface area contributed by atoms with Gasteiger partial charge in [-0.25, -0.2) is 0 Å². The average Bonchev–Trinajstić information content (AvgIpc) is 3.23. The molecule has 26 heavy (non-hydrogen) atoms. The third-order valence-electron chi connectivity index (χ3n) is 5.18. The molecule has 1 amide bonds. The number of anilines is 1. The molecule has 2 aromatic carbocycles. The highest BCUT2D eigenvalue weighted by Crippen LogP contribution is 2.45. The van der Waals surface area contributed by atoms with Gasteiger partial charge in [-0.05, 0) is 49.2 Å². The van der Waals surface area contributed by atoms with Crippen molar-refractivity contribution in [2.75, 3.05) is 25.7 Å². The number of carbonyl (C=O) groups is 1. The van der Waals surface area contributed by atoms with Gasteiger partial charge in [0.15, 0.2) is 0 Å². The Morgan fingerprint density at radius 3 is 2.69 bits per heavy atom. The largest absolute Gasteiger partial charge is 0.497 e. The molecule has 2 aliphatic rings. The van der Waals surface area contributed by atoms with Crippen LogP contribution in [0.5, 0.6) is 11.5 Å². The summed E-state index contributed by atoms with van der Waals surface area (Å²) in [6.45, 7) is 0.874. The minimum absolute atomic E-state index is 0.102. The van der Waals surface area contributed by atoms with Gasteiger partial charge in [0.2, 0.25) is 5.91 Å². The normalized spacial score (nSPS) is 22.6. The number of carbonyl (C=O) groups excluding carboxylic acids is 1. The number of methoxy groups -OCH3 is 2. The zero-order valence-corrected chi connectivity index (χ0v) is 15.6. The van der Waals surface area contributed by atoms with Crippen molar-refractivity contribution in [3.8, 4) is 11.5 Å². The van der Waals surface area contributed by atoms with Crippen LogP contribution in [0.3, 0.4) is 0 Å². The number of hydrogen-bond donors (Lipinski definition) is 0. The van der Waals surface area contributed by atoms with Gasteiger partial charge in [0.25, 0.3) is 0 Å². The van der Waals surface area contributed by atoms with E-state index in [1.165, 1.54) is 0 Å². The number of ether oxygens (including phenoxy) is 2. The summed E-state index contributed by atoms with van der Waals surface area (Å²) in [6, 6.07) is 13.0. The van der Waals surface area contributed by atoms with Crippen molar-refractivity contribution >= 4 is 23.2 Å². The number of halogens is 1. The number of amides is 1. The molecule has 0 aliphatic carbocycles. The van der Waals surface area contributed by atoms with Crippen LogP contribution in [-0.4, -0.2) is 37.6 Å². The van der Waals surface area contributed by atoms with Crippen LogP contribution in [0.1, 0.15) is 24.6 Å². The van der Waals surface area contributed by atoms with E-state index in [1.807, 2.05) is 47.4 Å². The van der Waals surface area contributed by atoms with E-state index in [9.17, 15) is 4.79 Å². The van der Waals surface area contributed by atoms with Crippen molar-refractivity contribution in [3.05, 3.63) is 53.1 Å². The van der Waals surface area contributed by atoms with E-state index in [2.05, 4.69) is 4.90 Å². The lowest BCUT2D eigenvalue weighted by Gasteiger charge is -2.31. The summed E-state index contributed by atoms with van der Waals surface area (Å²) in [6.07, 6.45) is 1.65. The zero-order valence-electron chi connectivity index (χ0n) is 14.8. The molecule has 2 heterocycles. The Bertz CT molecular complexity index is 842. The minimum atomic E-state index is -0.237. The molecule has 2 aromatic rings. The third-order valence-corrected chi connectivity index (χ3v) is 5.41. The standard InChI is InChI=1S/C20H21ClN2O3/c1-25-15-8-9-18(26-2)16(12-15)19-22-10-4-7-17(22)20(24)23(19)14-6-3-5-13(21)11-14/h3,5-6,8-9,11-12,17,19H,4,7,10H2,1-2H3. The zero-order chi connectivity index (χ0) is 18.3. The van der Waals surface area contributed by atoms with Crippen LogP contribution in [0.4, 0.5) is 5.69 Å². The van der Waals surface area contributed by atoms with Gasteiger partial charge in [0.1, 0.15) is 17.7 Å². The smallest absolute Gasteiger partial charge is 0.246 e. The number of benzene rings is 2. The lowest BCUT2D eigenvalue weighted by atomic mass is 10.1. The maximum absolute atomic E-state index is 13.2. The van der Waals surface area contributed by atoms with Gasteiger partial charge in [-0.3, -0.25) is 14.6 Å². The molecular formula is C20H21ClN2O3. The number of fused-ring (bicyclic) bond motifs is 1. The molecular weight excluding hydrogens is 352 g/mol. The Hall–Kier alpha value is -2.24. The van der Waals surface area contributed by atoms with E-state index in [0.29, 0.717) is 5.02 Å². The Morgan fingerprint density at radius 1 is 1.12 bits per heavy atom. The average molecular weight is 373 g/mol. The van der Waals surface area contributed by atoms with E-state index in [1.54, 1.807) is 14.2 Å². The minimum Gasteiger partial charge on any atom is -0.497 e. The van der Waals surface area contributed by atoms with Crippen LogP contribution in [0.15, 0.2) is 42.5 Å². The molecule has 0 bridgehead atoms. The summed E-state index contributed by atoms with van der Waals surface area (Å²) in [5.41, 5.74) is 1.72. The summed E-state index contributed by atoms with van der Waals surface area (Å²) in [5, 5.41) is 0.610. The highest BCUT2D eigenvalue weighted by atomic mass is 35.5. The van der Waals surface area contributed by atoms with Crippen molar-refractivity contribution in [2.24, 2.45) is 0 Å². The first-order valence-electron chi connectivity index (χ1n) is 8.70. The first-order chi connectivity index (χ1) is 12.6. The quantitative estimate of drug-likeness (QED) is 0.817. The SMILES string of the molecule is COc1ccc(OC)c(C2N(c3cccc(Cl)c3)C(=O)C3CCCN32)c1. The van der Waals surface area contributed by atoms with Gasteiger partial charge in [0, 0.05) is 22.8 Å². The second kappa shape index (κ2) is 6.82. The van der Waals surface area contributed by atoms with Crippen LogP contribution < -0.4 is 14.4 Å². The summed E-state index contributed by atoms with van der Waals surface area (Å²) in [7, 11) is 3.28. The predicted molar refractivity (Wildman–Crippen MR) is 101 cm³/mol. The molecule has 0 spiro atoms. The molecule has 2 aliphatic heterocycles. The summed E-state index contributed by atoms with van der Waals surface area (Å²) in [4.78, 5) is 17.3. The second-order valence-corrected chi connectivity index (χ2v) is 7.00. The van der Waals surface area contributed by atoms with Crippen LogP contribution in [0.2, 0.25) is 5.02 Å². The maximum Gasteiger partial charge on any atom is 0.246 e. The molecule has 136 valence electrons. The van der Waals surface area contributed by atoms with Gasteiger partial charge in [-0.15, -0.1) is 0 Å².